The minimum Gasteiger partial charge on any atom is -0.496 e. The van der Waals surface area contributed by atoms with E-state index in [-0.39, 0.29) is 0 Å². The average Bonchev–Trinajstić information content (AvgIpc) is 2.40. The lowest BCUT2D eigenvalue weighted by atomic mass is 10.0. The molecule has 0 fully saturated rings. The summed E-state index contributed by atoms with van der Waals surface area (Å²) in [6.45, 7) is 2.00. The van der Waals surface area contributed by atoms with Gasteiger partial charge in [0.25, 0.3) is 0 Å². The molecule has 0 saturated heterocycles. The monoisotopic (exact) mass is 243 g/mol. The number of aromatic nitrogens is 1. The Hall–Kier alpha value is -1.87. The van der Waals surface area contributed by atoms with Gasteiger partial charge in [-0.1, -0.05) is 17.7 Å². The van der Waals surface area contributed by atoms with Gasteiger partial charge in [-0.3, -0.25) is 4.98 Å². The first kappa shape index (κ1) is 12.6. The van der Waals surface area contributed by atoms with Gasteiger partial charge in [-0.25, -0.2) is 0 Å². The van der Waals surface area contributed by atoms with Gasteiger partial charge in [0.05, 0.1) is 13.2 Å². The number of aliphatic hydroxyl groups is 1. The molecule has 3 heteroatoms. The molecule has 1 unspecified atom stereocenters. The first-order chi connectivity index (χ1) is 8.70. The summed E-state index contributed by atoms with van der Waals surface area (Å²) < 4.78 is 5.28. The Morgan fingerprint density at radius 2 is 2.11 bits per heavy atom. The summed E-state index contributed by atoms with van der Waals surface area (Å²) in [6, 6.07) is 11.5. The zero-order chi connectivity index (χ0) is 13.0. The van der Waals surface area contributed by atoms with E-state index in [1.807, 2.05) is 43.3 Å². The summed E-state index contributed by atoms with van der Waals surface area (Å²) in [7, 11) is 1.61. The van der Waals surface area contributed by atoms with Gasteiger partial charge in [0, 0.05) is 23.9 Å². The van der Waals surface area contributed by atoms with Crippen LogP contribution in [0.5, 0.6) is 5.75 Å². The maximum atomic E-state index is 10.3. The van der Waals surface area contributed by atoms with Crippen LogP contribution in [0.1, 0.15) is 22.9 Å². The largest absolute Gasteiger partial charge is 0.496 e. The molecule has 0 radical (unpaired) electrons. The third-order valence-electron chi connectivity index (χ3n) is 2.87. The molecule has 0 aliphatic rings. The van der Waals surface area contributed by atoms with E-state index in [9.17, 15) is 5.11 Å². The van der Waals surface area contributed by atoms with E-state index in [4.69, 9.17) is 4.74 Å². The maximum absolute atomic E-state index is 10.3. The highest BCUT2D eigenvalue weighted by Crippen LogP contribution is 2.28. The molecule has 2 rings (SSSR count). The Morgan fingerprint density at radius 3 is 2.78 bits per heavy atom. The molecular weight excluding hydrogens is 226 g/mol. The van der Waals surface area contributed by atoms with Gasteiger partial charge in [-0.05, 0) is 31.2 Å². The van der Waals surface area contributed by atoms with Gasteiger partial charge in [-0.15, -0.1) is 0 Å². The van der Waals surface area contributed by atoms with Crippen molar-refractivity contribution in [3.63, 3.8) is 0 Å². The van der Waals surface area contributed by atoms with Crippen LogP contribution in [0.4, 0.5) is 0 Å². The minimum atomic E-state index is -0.602. The van der Waals surface area contributed by atoms with Gasteiger partial charge in [0.1, 0.15) is 5.75 Å². The van der Waals surface area contributed by atoms with E-state index in [2.05, 4.69) is 4.98 Å². The average molecular weight is 243 g/mol. The molecule has 1 aromatic heterocycles. The van der Waals surface area contributed by atoms with Crippen molar-refractivity contribution in [2.24, 2.45) is 0 Å². The number of aryl methyl sites for hydroxylation is 1. The van der Waals surface area contributed by atoms with Crippen LogP contribution in [-0.2, 0) is 6.42 Å². The van der Waals surface area contributed by atoms with Gasteiger partial charge >= 0.3 is 0 Å². The number of methoxy groups -OCH3 is 1. The van der Waals surface area contributed by atoms with Crippen LogP contribution in [-0.4, -0.2) is 17.2 Å². The fraction of sp³-hybridized carbons (Fsp3) is 0.267. The zero-order valence-corrected chi connectivity index (χ0v) is 10.6. The third kappa shape index (κ3) is 2.87. The predicted molar refractivity (Wildman–Crippen MR) is 70.6 cm³/mol. The lowest BCUT2D eigenvalue weighted by Crippen LogP contribution is -2.05. The molecule has 18 heavy (non-hydrogen) atoms. The molecule has 94 valence electrons. The number of aliphatic hydroxyl groups excluding tert-OH is 1. The zero-order valence-electron chi connectivity index (χ0n) is 10.6. The van der Waals surface area contributed by atoms with E-state index in [0.29, 0.717) is 12.2 Å². The molecule has 0 aliphatic heterocycles. The molecule has 0 spiro atoms. The molecule has 0 amide bonds. The van der Waals surface area contributed by atoms with Gasteiger partial charge in [0.2, 0.25) is 0 Å². The van der Waals surface area contributed by atoms with Crippen molar-refractivity contribution >= 4 is 0 Å². The highest BCUT2D eigenvalue weighted by atomic mass is 16.5. The molecule has 1 heterocycles. The van der Waals surface area contributed by atoms with E-state index in [0.717, 1.165) is 16.8 Å². The second kappa shape index (κ2) is 5.65. The van der Waals surface area contributed by atoms with Crippen molar-refractivity contribution in [1.29, 1.82) is 0 Å². The maximum Gasteiger partial charge on any atom is 0.124 e. The number of hydrogen-bond acceptors (Lipinski definition) is 3. The number of pyridine rings is 1. The van der Waals surface area contributed by atoms with Gasteiger partial charge in [0.15, 0.2) is 0 Å². The summed E-state index contributed by atoms with van der Waals surface area (Å²) >= 11 is 0. The van der Waals surface area contributed by atoms with Crippen molar-refractivity contribution < 1.29 is 9.84 Å². The van der Waals surface area contributed by atoms with E-state index in [1.165, 1.54) is 0 Å². The molecule has 0 aliphatic carbocycles. The van der Waals surface area contributed by atoms with Crippen molar-refractivity contribution in [3.8, 4) is 5.75 Å². The molecule has 1 atom stereocenters. The van der Waals surface area contributed by atoms with Crippen LogP contribution in [0.3, 0.4) is 0 Å². The fourth-order valence-corrected chi connectivity index (χ4v) is 1.94. The van der Waals surface area contributed by atoms with Crippen LogP contribution < -0.4 is 4.74 Å². The number of ether oxygens (including phenoxy) is 1. The number of nitrogens with zero attached hydrogens (tertiary/aromatic N) is 1. The summed E-state index contributed by atoms with van der Waals surface area (Å²) in [5.41, 5.74) is 2.78. The fourth-order valence-electron chi connectivity index (χ4n) is 1.94. The van der Waals surface area contributed by atoms with E-state index < -0.39 is 6.10 Å². The summed E-state index contributed by atoms with van der Waals surface area (Å²) in [5.74, 6) is 0.712. The van der Waals surface area contributed by atoms with Gasteiger partial charge in [-0.2, -0.15) is 0 Å². The lowest BCUT2D eigenvalue weighted by Gasteiger charge is -2.15. The van der Waals surface area contributed by atoms with Crippen LogP contribution in [0, 0.1) is 6.92 Å². The van der Waals surface area contributed by atoms with Crippen LogP contribution >= 0.6 is 0 Å². The summed E-state index contributed by atoms with van der Waals surface area (Å²) in [5, 5.41) is 10.3. The van der Waals surface area contributed by atoms with Crippen LogP contribution in [0.25, 0.3) is 0 Å². The standard InChI is InChI=1S/C15H17NO2/c1-11-6-7-15(18-2)13(9-11)14(17)10-12-5-3-4-8-16-12/h3-9,14,17H,10H2,1-2H3. The lowest BCUT2D eigenvalue weighted by molar-refractivity contribution is 0.172. The summed E-state index contributed by atoms with van der Waals surface area (Å²) in [4.78, 5) is 4.22. The molecule has 0 bridgehead atoms. The van der Waals surface area contributed by atoms with Crippen LogP contribution in [0.2, 0.25) is 0 Å². The van der Waals surface area contributed by atoms with Crippen LogP contribution in [0.15, 0.2) is 42.6 Å². The Morgan fingerprint density at radius 1 is 1.28 bits per heavy atom. The summed E-state index contributed by atoms with van der Waals surface area (Å²) in [6.07, 6.45) is 1.62. The molecule has 1 N–H and O–H groups in total. The molecular formula is C15H17NO2. The second-order valence-corrected chi connectivity index (χ2v) is 4.29. The van der Waals surface area contributed by atoms with Crippen molar-refractivity contribution in [2.75, 3.05) is 7.11 Å². The number of rotatable bonds is 4. The first-order valence-electron chi connectivity index (χ1n) is 5.93. The normalized spacial score (nSPS) is 12.2. The predicted octanol–water partition coefficient (Wildman–Crippen LogP) is 2.67. The quantitative estimate of drug-likeness (QED) is 0.897. The molecule has 2 aromatic rings. The van der Waals surface area contributed by atoms with Crippen molar-refractivity contribution in [1.82, 2.24) is 4.98 Å². The van der Waals surface area contributed by atoms with E-state index in [1.54, 1.807) is 13.3 Å². The van der Waals surface area contributed by atoms with Crippen molar-refractivity contribution in [3.05, 3.63) is 59.4 Å². The highest BCUT2D eigenvalue weighted by molar-refractivity contribution is 5.38. The smallest absolute Gasteiger partial charge is 0.124 e. The second-order valence-electron chi connectivity index (χ2n) is 4.29. The topological polar surface area (TPSA) is 42.4 Å². The Bertz CT molecular complexity index is 511. The van der Waals surface area contributed by atoms with Gasteiger partial charge < -0.3 is 9.84 Å². The Balaban J connectivity index is 2.23. The third-order valence-corrected chi connectivity index (χ3v) is 2.87. The molecule has 0 saturated carbocycles. The van der Waals surface area contributed by atoms with Crippen molar-refractivity contribution in [2.45, 2.75) is 19.4 Å². The molecule has 1 aromatic carbocycles. The Kier molecular flexibility index (Phi) is 3.95. The highest BCUT2D eigenvalue weighted by Gasteiger charge is 2.14. The minimum absolute atomic E-state index is 0.487. The first-order valence-corrected chi connectivity index (χ1v) is 5.93. The number of benzene rings is 1. The molecule has 3 nitrogen and oxygen atoms in total. The SMILES string of the molecule is COc1ccc(C)cc1C(O)Cc1ccccn1. The van der Waals surface area contributed by atoms with E-state index >= 15 is 0 Å². The Labute approximate surface area is 107 Å². The number of hydrogen-bond donors (Lipinski definition) is 1.